The fourth-order valence-electron chi connectivity index (χ4n) is 3.72. The number of hydrogen-bond acceptors (Lipinski definition) is 5. The second-order valence-electron chi connectivity index (χ2n) is 7.34. The van der Waals surface area contributed by atoms with Gasteiger partial charge in [-0.2, -0.15) is 0 Å². The number of nitrogens with one attached hydrogen (secondary N) is 2. The highest BCUT2D eigenvalue weighted by Crippen LogP contribution is 2.29. The third-order valence-corrected chi connectivity index (χ3v) is 5.32. The topological polar surface area (TPSA) is 78.3 Å². The van der Waals surface area contributed by atoms with Crippen LogP contribution < -0.4 is 19.7 Å². The molecular formula is C23H29N2O5+. The third kappa shape index (κ3) is 5.73. The maximum Gasteiger partial charge on any atom is 0.362 e. The van der Waals surface area contributed by atoms with E-state index in [4.69, 9.17) is 14.2 Å². The molecule has 1 amide bonds. The summed E-state index contributed by atoms with van der Waals surface area (Å²) in [5, 5.41) is 2.95. The number of ether oxygens (including phenoxy) is 3. The zero-order chi connectivity index (χ0) is 21.3. The quantitative estimate of drug-likeness (QED) is 0.646. The van der Waals surface area contributed by atoms with Crippen LogP contribution in [0.3, 0.4) is 0 Å². The number of quaternary nitrogens is 1. The first-order chi connectivity index (χ1) is 14.6. The lowest BCUT2D eigenvalue weighted by molar-refractivity contribution is -0.913. The van der Waals surface area contributed by atoms with Crippen LogP contribution in [0, 0.1) is 0 Å². The Hall–Kier alpha value is -3.06. The Morgan fingerprint density at radius 2 is 1.80 bits per heavy atom. The first-order valence-corrected chi connectivity index (χ1v) is 10.2. The van der Waals surface area contributed by atoms with Gasteiger partial charge in [-0.05, 0) is 30.5 Å². The van der Waals surface area contributed by atoms with Gasteiger partial charge in [-0.25, -0.2) is 4.79 Å². The van der Waals surface area contributed by atoms with Crippen molar-refractivity contribution in [3.63, 3.8) is 0 Å². The lowest BCUT2D eigenvalue weighted by Crippen LogP contribution is -3.18. The molecule has 3 rings (SSSR count). The number of esters is 1. The van der Waals surface area contributed by atoms with Gasteiger partial charge in [-0.1, -0.05) is 30.3 Å². The van der Waals surface area contributed by atoms with E-state index < -0.39 is 0 Å². The summed E-state index contributed by atoms with van der Waals surface area (Å²) in [6, 6.07) is 14.5. The Labute approximate surface area is 176 Å². The molecule has 30 heavy (non-hydrogen) atoms. The van der Waals surface area contributed by atoms with E-state index in [0.29, 0.717) is 17.2 Å². The average molecular weight is 413 g/mol. The SMILES string of the molecule is COc1ccc(NC(=O)[C@@H]2CCCC[NH+]2CC(=O)OCc2ccccc2)cc1OC. The molecule has 1 saturated heterocycles. The number of carbonyl (C=O) groups excluding carboxylic acids is 2. The molecule has 1 unspecified atom stereocenters. The van der Waals surface area contributed by atoms with E-state index in [9.17, 15) is 9.59 Å². The Bertz CT molecular complexity index is 856. The van der Waals surface area contributed by atoms with Crippen molar-refractivity contribution in [2.45, 2.75) is 31.9 Å². The van der Waals surface area contributed by atoms with Crippen molar-refractivity contribution in [2.24, 2.45) is 0 Å². The lowest BCUT2D eigenvalue weighted by atomic mass is 10.0. The van der Waals surface area contributed by atoms with E-state index in [1.165, 1.54) is 0 Å². The van der Waals surface area contributed by atoms with Crippen LogP contribution in [0.1, 0.15) is 24.8 Å². The van der Waals surface area contributed by atoms with E-state index in [1.54, 1.807) is 32.4 Å². The van der Waals surface area contributed by atoms with Gasteiger partial charge in [0.1, 0.15) is 6.61 Å². The number of piperidine rings is 1. The Balaban J connectivity index is 1.59. The van der Waals surface area contributed by atoms with Gasteiger partial charge in [0.15, 0.2) is 24.1 Å². The molecule has 1 fully saturated rings. The summed E-state index contributed by atoms with van der Waals surface area (Å²) in [6.45, 7) is 1.19. The van der Waals surface area contributed by atoms with Crippen LogP contribution in [0.2, 0.25) is 0 Å². The first-order valence-electron chi connectivity index (χ1n) is 10.2. The fraction of sp³-hybridized carbons (Fsp3) is 0.391. The van der Waals surface area contributed by atoms with E-state index in [2.05, 4.69) is 5.32 Å². The number of rotatable bonds is 8. The van der Waals surface area contributed by atoms with Crippen LogP contribution in [0.25, 0.3) is 0 Å². The monoisotopic (exact) mass is 413 g/mol. The molecule has 0 bridgehead atoms. The van der Waals surface area contributed by atoms with E-state index in [0.717, 1.165) is 36.3 Å². The van der Waals surface area contributed by atoms with E-state index >= 15 is 0 Å². The van der Waals surface area contributed by atoms with Gasteiger partial charge in [0, 0.05) is 18.2 Å². The van der Waals surface area contributed by atoms with Gasteiger partial charge >= 0.3 is 5.97 Å². The van der Waals surface area contributed by atoms with Crippen molar-refractivity contribution in [3.05, 3.63) is 54.1 Å². The molecule has 0 radical (unpaired) electrons. The predicted octanol–water partition coefficient (Wildman–Crippen LogP) is 1.82. The second-order valence-corrected chi connectivity index (χ2v) is 7.34. The largest absolute Gasteiger partial charge is 0.493 e. The second kappa shape index (κ2) is 10.6. The molecule has 1 aliphatic heterocycles. The van der Waals surface area contributed by atoms with Gasteiger partial charge in [0.05, 0.1) is 20.8 Å². The minimum absolute atomic E-state index is 0.104. The number of methoxy groups -OCH3 is 2. The van der Waals surface area contributed by atoms with Gasteiger partial charge in [-0.15, -0.1) is 0 Å². The van der Waals surface area contributed by atoms with Gasteiger partial charge in [-0.3, -0.25) is 4.79 Å². The van der Waals surface area contributed by atoms with Crippen LogP contribution in [-0.2, 0) is 20.9 Å². The molecule has 2 atom stereocenters. The molecule has 7 nitrogen and oxygen atoms in total. The Morgan fingerprint density at radius 1 is 1.03 bits per heavy atom. The molecule has 160 valence electrons. The van der Waals surface area contributed by atoms with Crippen LogP contribution in [0.5, 0.6) is 11.5 Å². The molecule has 2 N–H and O–H groups in total. The molecule has 0 spiro atoms. The van der Waals surface area contributed by atoms with Crippen molar-refractivity contribution in [1.82, 2.24) is 0 Å². The summed E-state index contributed by atoms with van der Waals surface area (Å²) < 4.78 is 15.9. The summed E-state index contributed by atoms with van der Waals surface area (Å²) in [7, 11) is 3.12. The smallest absolute Gasteiger partial charge is 0.362 e. The van der Waals surface area contributed by atoms with Crippen LogP contribution in [0.15, 0.2) is 48.5 Å². The number of amides is 1. The van der Waals surface area contributed by atoms with Crippen molar-refractivity contribution >= 4 is 17.6 Å². The van der Waals surface area contributed by atoms with Crippen LogP contribution in [-0.4, -0.2) is 45.2 Å². The van der Waals surface area contributed by atoms with Crippen molar-refractivity contribution in [1.29, 1.82) is 0 Å². The zero-order valence-corrected chi connectivity index (χ0v) is 17.5. The number of benzene rings is 2. The van der Waals surface area contributed by atoms with Crippen molar-refractivity contribution in [2.75, 3.05) is 32.6 Å². The molecule has 1 heterocycles. The molecule has 2 aromatic rings. The van der Waals surface area contributed by atoms with Crippen molar-refractivity contribution in [3.8, 4) is 11.5 Å². The number of hydrogen-bond donors (Lipinski definition) is 2. The molecule has 0 saturated carbocycles. The van der Waals surface area contributed by atoms with Crippen LogP contribution in [0.4, 0.5) is 5.69 Å². The predicted molar refractivity (Wildman–Crippen MR) is 113 cm³/mol. The Morgan fingerprint density at radius 3 is 2.53 bits per heavy atom. The molecular weight excluding hydrogens is 384 g/mol. The summed E-state index contributed by atoms with van der Waals surface area (Å²) in [6.07, 6.45) is 2.69. The normalized spacial score (nSPS) is 18.3. The molecule has 0 aromatic heterocycles. The highest BCUT2D eigenvalue weighted by molar-refractivity contribution is 5.94. The maximum atomic E-state index is 12.9. The highest BCUT2D eigenvalue weighted by atomic mass is 16.5. The van der Waals surface area contributed by atoms with Crippen LogP contribution >= 0.6 is 0 Å². The summed E-state index contributed by atoms with van der Waals surface area (Å²) >= 11 is 0. The summed E-state index contributed by atoms with van der Waals surface area (Å²) in [5.41, 5.74) is 1.58. The van der Waals surface area contributed by atoms with Crippen molar-refractivity contribution < 1.29 is 28.7 Å². The molecule has 2 aromatic carbocycles. The first kappa shape index (κ1) is 21.6. The minimum atomic E-state index is -0.295. The minimum Gasteiger partial charge on any atom is -0.493 e. The van der Waals surface area contributed by atoms with E-state index in [1.807, 2.05) is 30.3 Å². The fourth-order valence-corrected chi connectivity index (χ4v) is 3.72. The number of carbonyl (C=O) groups is 2. The third-order valence-electron chi connectivity index (χ3n) is 5.32. The average Bonchev–Trinajstić information content (AvgIpc) is 2.78. The van der Waals surface area contributed by atoms with Gasteiger partial charge in [0.2, 0.25) is 0 Å². The summed E-state index contributed by atoms with van der Waals surface area (Å²) in [5.74, 6) is 0.752. The number of anilines is 1. The Kier molecular flexibility index (Phi) is 7.68. The maximum absolute atomic E-state index is 12.9. The molecule has 1 aliphatic rings. The van der Waals surface area contributed by atoms with E-state index in [-0.39, 0.29) is 31.1 Å². The number of likely N-dealkylation sites (tertiary alicyclic amines) is 1. The molecule has 7 heteroatoms. The molecule has 0 aliphatic carbocycles. The standard InChI is InChI=1S/C23H28N2O5/c1-28-20-12-11-18(14-21(20)29-2)24-23(27)19-10-6-7-13-25(19)15-22(26)30-16-17-8-4-3-5-9-17/h3-5,8-9,11-12,14,19H,6-7,10,13,15-16H2,1-2H3,(H,24,27)/p+1/t19-/m0/s1. The lowest BCUT2D eigenvalue weighted by Gasteiger charge is -2.30. The van der Waals surface area contributed by atoms with Gasteiger partial charge < -0.3 is 24.4 Å². The van der Waals surface area contributed by atoms with Gasteiger partial charge in [0.25, 0.3) is 5.91 Å². The summed E-state index contributed by atoms with van der Waals surface area (Å²) in [4.78, 5) is 26.2. The highest BCUT2D eigenvalue weighted by Gasteiger charge is 2.34. The zero-order valence-electron chi connectivity index (χ0n) is 17.5.